The fourth-order valence-corrected chi connectivity index (χ4v) is 1.44. The highest BCUT2D eigenvalue weighted by atomic mass is 32.2. The van der Waals surface area contributed by atoms with E-state index >= 15 is 0 Å². The van der Waals surface area contributed by atoms with Gasteiger partial charge in [-0.25, -0.2) is 4.98 Å². The van der Waals surface area contributed by atoms with Crippen molar-refractivity contribution in [2.45, 2.75) is 24.8 Å². The first-order chi connectivity index (χ1) is 6.11. The van der Waals surface area contributed by atoms with E-state index in [1.54, 1.807) is 35.0 Å². The van der Waals surface area contributed by atoms with E-state index < -0.39 is 6.17 Å². The van der Waals surface area contributed by atoms with Crippen LogP contribution < -0.4 is 0 Å². The number of rotatable bonds is 4. The molecule has 0 spiro atoms. The normalized spacial score (nSPS) is 14.1. The molecule has 0 radical (unpaired) electrons. The van der Waals surface area contributed by atoms with Crippen LogP contribution in [0.25, 0.3) is 0 Å². The molecule has 13 heavy (non-hydrogen) atoms. The first kappa shape index (κ1) is 10.2. The van der Waals surface area contributed by atoms with Gasteiger partial charge < -0.3 is 4.57 Å². The molecule has 5 heteroatoms. The molecule has 0 amide bonds. The maximum Gasteiger partial charge on any atom is 0.182 e. The van der Waals surface area contributed by atoms with E-state index in [0.717, 1.165) is 0 Å². The van der Waals surface area contributed by atoms with Gasteiger partial charge >= 0.3 is 0 Å². The van der Waals surface area contributed by atoms with E-state index in [2.05, 4.69) is 10.2 Å². The number of hydrogen-bond acceptors (Lipinski definition) is 4. The molecule has 0 bridgehead atoms. The van der Waals surface area contributed by atoms with Crippen molar-refractivity contribution in [1.82, 2.24) is 9.55 Å². The Morgan fingerprint density at radius 3 is 2.69 bits per heavy atom. The summed E-state index contributed by atoms with van der Waals surface area (Å²) in [6.45, 7) is 3.98. The van der Waals surface area contributed by atoms with Gasteiger partial charge in [-0.05, 0) is 25.3 Å². The fourth-order valence-electron chi connectivity index (χ4n) is 1.06. The average molecular weight is 199 g/mol. The summed E-state index contributed by atoms with van der Waals surface area (Å²) < 4.78 is 1.52. The Kier molecular flexibility index (Phi) is 3.08. The van der Waals surface area contributed by atoms with Gasteiger partial charge in [0.05, 0.1) is 11.1 Å². The van der Waals surface area contributed by atoms with Gasteiger partial charge in [-0.3, -0.25) is 0 Å². The molecule has 72 valence electrons. The van der Waals surface area contributed by atoms with Crippen molar-refractivity contribution < 1.29 is 0 Å². The van der Waals surface area contributed by atoms with E-state index in [-0.39, 0.29) is 4.75 Å². The third-order valence-corrected chi connectivity index (χ3v) is 3.32. The van der Waals surface area contributed by atoms with Crippen molar-refractivity contribution in [1.29, 1.82) is 0 Å². The number of aromatic nitrogens is 2. The van der Waals surface area contributed by atoms with Crippen LogP contribution in [0.2, 0.25) is 0 Å². The molecule has 0 N–H and O–H groups in total. The molecule has 4 nitrogen and oxygen atoms in total. The summed E-state index contributed by atoms with van der Waals surface area (Å²) in [5, 5.41) is 3.13. The SMILES string of the molecule is CSC(C)(C)C(N=O)n1ccnc1. The Bertz CT molecular complexity index is 271. The van der Waals surface area contributed by atoms with E-state index in [4.69, 9.17) is 0 Å². The summed E-state index contributed by atoms with van der Waals surface area (Å²) in [5.41, 5.74) is 0. The molecule has 0 aliphatic heterocycles. The molecule has 1 unspecified atom stereocenters. The van der Waals surface area contributed by atoms with Gasteiger partial charge in [-0.15, -0.1) is 4.91 Å². The number of imidazole rings is 1. The number of nitrogens with zero attached hydrogens (tertiary/aromatic N) is 3. The lowest BCUT2D eigenvalue weighted by Gasteiger charge is -2.27. The van der Waals surface area contributed by atoms with Gasteiger partial charge in [0.25, 0.3) is 0 Å². The van der Waals surface area contributed by atoms with Crippen LogP contribution in [0, 0.1) is 4.91 Å². The maximum absolute atomic E-state index is 10.7. The predicted octanol–water partition coefficient (Wildman–Crippen LogP) is 2.29. The minimum absolute atomic E-state index is 0.206. The van der Waals surface area contributed by atoms with Crippen molar-refractivity contribution in [2.24, 2.45) is 5.18 Å². The van der Waals surface area contributed by atoms with Gasteiger partial charge in [0.1, 0.15) is 0 Å². The Morgan fingerprint density at radius 1 is 1.62 bits per heavy atom. The zero-order valence-electron chi connectivity index (χ0n) is 7.97. The summed E-state index contributed by atoms with van der Waals surface area (Å²) in [7, 11) is 0. The molecule has 1 atom stereocenters. The highest BCUT2D eigenvalue weighted by Crippen LogP contribution is 2.34. The Morgan fingerprint density at radius 2 is 2.31 bits per heavy atom. The van der Waals surface area contributed by atoms with Crippen LogP contribution >= 0.6 is 11.8 Å². The largest absolute Gasteiger partial charge is 0.310 e. The van der Waals surface area contributed by atoms with E-state index in [1.807, 2.05) is 20.1 Å². The number of thioether (sulfide) groups is 1. The average Bonchev–Trinajstić information content (AvgIpc) is 2.58. The molecular weight excluding hydrogens is 186 g/mol. The van der Waals surface area contributed by atoms with Gasteiger partial charge in [-0.2, -0.15) is 11.8 Å². The minimum Gasteiger partial charge on any atom is -0.310 e. The lowest BCUT2D eigenvalue weighted by atomic mass is 10.1. The Balaban J connectivity index is 2.92. The number of hydrogen-bond donors (Lipinski definition) is 0. The molecule has 0 saturated heterocycles. The lowest BCUT2D eigenvalue weighted by molar-refractivity contribution is 0.425. The van der Waals surface area contributed by atoms with Crippen LogP contribution in [0.3, 0.4) is 0 Å². The fraction of sp³-hybridized carbons (Fsp3) is 0.625. The molecule has 0 aliphatic carbocycles. The van der Waals surface area contributed by atoms with Crippen LogP contribution in [-0.4, -0.2) is 20.6 Å². The zero-order chi connectivity index (χ0) is 9.90. The first-order valence-corrected chi connectivity index (χ1v) is 5.19. The van der Waals surface area contributed by atoms with Crippen molar-refractivity contribution in [3.63, 3.8) is 0 Å². The highest BCUT2D eigenvalue weighted by Gasteiger charge is 2.30. The molecule has 0 aliphatic rings. The second-order valence-electron chi connectivity index (χ2n) is 3.30. The molecule has 1 aromatic rings. The summed E-state index contributed by atoms with van der Waals surface area (Å²) in [6, 6.07) is 0. The van der Waals surface area contributed by atoms with E-state index in [9.17, 15) is 4.91 Å². The van der Waals surface area contributed by atoms with Crippen molar-refractivity contribution >= 4 is 11.8 Å². The van der Waals surface area contributed by atoms with Gasteiger partial charge in [0, 0.05) is 12.4 Å². The number of nitroso groups, excluding NO2 is 1. The summed E-state index contributed by atoms with van der Waals surface area (Å²) in [5.74, 6) is 0. The van der Waals surface area contributed by atoms with Crippen LogP contribution in [0.5, 0.6) is 0 Å². The van der Waals surface area contributed by atoms with E-state index in [1.165, 1.54) is 0 Å². The summed E-state index contributed by atoms with van der Waals surface area (Å²) in [6.07, 6.45) is 6.59. The van der Waals surface area contributed by atoms with Gasteiger partial charge in [-0.1, -0.05) is 0 Å². The third-order valence-electron chi connectivity index (χ3n) is 2.06. The lowest BCUT2D eigenvalue weighted by Crippen LogP contribution is -2.27. The Hall–Kier alpha value is -0.840. The quantitative estimate of drug-likeness (QED) is 0.699. The van der Waals surface area contributed by atoms with Crippen LogP contribution in [0.1, 0.15) is 20.0 Å². The topological polar surface area (TPSA) is 47.2 Å². The predicted molar refractivity (Wildman–Crippen MR) is 54.7 cm³/mol. The molecular formula is C8H13N3OS. The van der Waals surface area contributed by atoms with Gasteiger partial charge in [0.2, 0.25) is 0 Å². The van der Waals surface area contributed by atoms with Crippen LogP contribution in [-0.2, 0) is 0 Å². The highest BCUT2D eigenvalue weighted by molar-refractivity contribution is 7.99. The van der Waals surface area contributed by atoms with Crippen molar-refractivity contribution in [3.05, 3.63) is 23.6 Å². The van der Waals surface area contributed by atoms with Crippen molar-refractivity contribution in [3.8, 4) is 0 Å². The molecule has 0 saturated carbocycles. The summed E-state index contributed by atoms with van der Waals surface area (Å²) >= 11 is 1.62. The Labute approximate surface area is 81.7 Å². The third kappa shape index (κ3) is 2.09. The molecule has 1 heterocycles. The molecule has 1 rings (SSSR count). The molecule has 1 aromatic heterocycles. The zero-order valence-corrected chi connectivity index (χ0v) is 8.78. The van der Waals surface area contributed by atoms with E-state index in [0.29, 0.717) is 0 Å². The van der Waals surface area contributed by atoms with Crippen molar-refractivity contribution in [2.75, 3.05) is 6.26 Å². The van der Waals surface area contributed by atoms with Crippen LogP contribution in [0.4, 0.5) is 0 Å². The molecule has 0 fully saturated rings. The summed E-state index contributed by atoms with van der Waals surface area (Å²) in [4.78, 5) is 14.6. The van der Waals surface area contributed by atoms with Crippen LogP contribution in [0.15, 0.2) is 23.9 Å². The standard InChI is InChI=1S/C8H13N3OS/c1-8(2,13-3)7(10-12)11-5-4-9-6-11/h4-7H,1-3H3. The first-order valence-electron chi connectivity index (χ1n) is 3.97. The monoisotopic (exact) mass is 199 g/mol. The minimum atomic E-state index is -0.398. The second-order valence-corrected chi connectivity index (χ2v) is 4.76. The maximum atomic E-state index is 10.7. The van der Waals surface area contributed by atoms with Gasteiger partial charge in [0.15, 0.2) is 6.17 Å². The molecule has 0 aromatic carbocycles. The smallest absolute Gasteiger partial charge is 0.182 e. The second kappa shape index (κ2) is 3.91.